The molecule has 3 rings (SSSR count). The van der Waals surface area contributed by atoms with Crippen LogP contribution >= 0.6 is 15.9 Å². The normalized spacial score (nSPS) is 18.7. The highest BCUT2D eigenvalue weighted by molar-refractivity contribution is 9.10. The molecule has 1 fully saturated rings. The Hall–Kier alpha value is -2.05. The minimum absolute atomic E-state index is 0.0627. The Balaban J connectivity index is 1.58. The van der Waals surface area contributed by atoms with Gasteiger partial charge < -0.3 is 19.5 Å². The second kappa shape index (κ2) is 10.6. The van der Waals surface area contributed by atoms with Gasteiger partial charge in [0.25, 0.3) is 0 Å². The van der Waals surface area contributed by atoms with Crippen molar-refractivity contribution in [3.8, 4) is 5.75 Å². The molecule has 1 aliphatic rings. The van der Waals surface area contributed by atoms with Gasteiger partial charge in [-0.25, -0.2) is 4.79 Å². The largest absolute Gasteiger partial charge is 0.493 e. The monoisotopic (exact) mass is 461 g/mol. The maximum absolute atomic E-state index is 12.1. The van der Waals surface area contributed by atoms with Gasteiger partial charge in [0, 0.05) is 16.9 Å². The van der Waals surface area contributed by atoms with Crippen molar-refractivity contribution in [2.24, 2.45) is 0 Å². The Kier molecular flexibility index (Phi) is 7.95. The number of β-amino-alcohol motifs (C(OH)–C–C–N with tert-alkyl or cyclic N) is 1. The zero-order valence-corrected chi connectivity index (χ0v) is 18.3. The number of hydrogen-bond donors (Lipinski definition) is 1. The number of aliphatic hydroxyl groups excluding tert-OH is 1. The number of aliphatic hydroxyl groups is 1. The summed E-state index contributed by atoms with van der Waals surface area (Å²) < 4.78 is 12.2. The lowest BCUT2D eigenvalue weighted by Gasteiger charge is -2.23. The van der Waals surface area contributed by atoms with Crippen molar-refractivity contribution >= 4 is 22.0 Å². The van der Waals surface area contributed by atoms with Crippen LogP contribution < -0.4 is 4.74 Å². The van der Waals surface area contributed by atoms with Crippen LogP contribution in [-0.2, 0) is 17.6 Å². The summed E-state index contributed by atoms with van der Waals surface area (Å²) in [6, 6.07) is 16.4. The second-order valence-electron chi connectivity index (χ2n) is 7.27. The first-order valence-corrected chi connectivity index (χ1v) is 10.9. The number of nitrogens with zero attached hydrogens (tertiary/aromatic N) is 1. The number of halogens is 1. The first-order chi connectivity index (χ1) is 14.1. The van der Waals surface area contributed by atoms with Crippen LogP contribution in [-0.4, -0.2) is 48.0 Å². The maximum Gasteiger partial charge on any atom is 0.410 e. The van der Waals surface area contributed by atoms with E-state index >= 15 is 0 Å². The fraction of sp³-hybridized carbons (Fsp3) is 0.435. The molecule has 2 aromatic carbocycles. The van der Waals surface area contributed by atoms with E-state index in [1.807, 2.05) is 18.2 Å². The lowest BCUT2D eigenvalue weighted by Crippen LogP contribution is -2.37. The molecule has 0 bridgehead atoms. The summed E-state index contributed by atoms with van der Waals surface area (Å²) >= 11 is 3.55. The SMILES string of the molecule is CCOC(=O)N1CC(O)CC1CCOc1ccc(Br)cc1CCc1ccccc1. The summed E-state index contributed by atoms with van der Waals surface area (Å²) in [4.78, 5) is 13.7. The smallest absolute Gasteiger partial charge is 0.410 e. The molecule has 2 aromatic rings. The Morgan fingerprint density at radius 2 is 2.00 bits per heavy atom. The Morgan fingerprint density at radius 1 is 1.21 bits per heavy atom. The van der Waals surface area contributed by atoms with Crippen molar-refractivity contribution in [1.82, 2.24) is 4.90 Å². The highest BCUT2D eigenvalue weighted by atomic mass is 79.9. The lowest BCUT2D eigenvalue weighted by molar-refractivity contribution is 0.0941. The van der Waals surface area contributed by atoms with E-state index in [1.165, 1.54) is 5.56 Å². The molecule has 29 heavy (non-hydrogen) atoms. The maximum atomic E-state index is 12.1. The van der Waals surface area contributed by atoms with Crippen molar-refractivity contribution in [2.45, 2.75) is 44.8 Å². The van der Waals surface area contributed by atoms with E-state index in [0.29, 0.717) is 32.6 Å². The van der Waals surface area contributed by atoms with E-state index in [9.17, 15) is 9.90 Å². The average molecular weight is 462 g/mol. The molecule has 1 aliphatic heterocycles. The molecule has 1 N–H and O–H groups in total. The molecule has 1 heterocycles. The molecule has 0 aliphatic carbocycles. The summed E-state index contributed by atoms with van der Waals surface area (Å²) in [6.07, 6.45) is 2.18. The predicted octanol–water partition coefficient (Wildman–Crippen LogP) is 4.59. The van der Waals surface area contributed by atoms with Crippen molar-refractivity contribution in [3.05, 3.63) is 64.1 Å². The van der Waals surface area contributed by atoms with Gasteiger partial charge in [-0.2, -0.15) is 0 Å². The van der Waals surface area contributed by atoms with Crippen LogP contribution in [0.4, 0.5) is 4.79 Å². The quantitative estimate of drug-likeness (QED) is 0.624. The summed E-state index contributed by atoms with van der Waals surface area (Å²) in [6.45, 7) is 2.92. The summed E-state index contributed by atoms with van der Waals surface area (Å²) in [5, 5.41) is 9.96. The molecule has 1 saturated heterocycles. The first kappa shape index (κ1) is 21.7. The van der Waals surface area contributed by atoms with Gasteiger partial charge >= 0.3 is 6.09 Å². The third-order valence-corrected chi connectivity index (χ3v) is 5.64. The zero-order valence-electron chi connectivity index (χ0n) is 16.7. The average Bonchev–Trinajstić information content (AvgIpc) is 3.09. The van der Waals surface area contributed by atoms with Crippen molar-refractivity contribution in [3.63, 3.8) is 0 Å². The summed E-state index contributed by atoms with van der Waals surface area (Å²) in [5.41, 5.74) is 2.44. The molecule has 2 atom stereocenters. The summed E-state index contributed by atoms with van der Waals surface area (Å²) in [5.74, 6) is 0.866. The Labute approximate surface area is 180 Å². The predicted molar refractivity (Wildman–Crippen MR) is 116 cm³/mol. The molecule has 0 spiro atoms. The van der Waals surface area contributed by atoms with Gasteiger partial charge in [0.05, 0.1) is 25.9 Å². The number of aryl methyl sites for hydroxylation is 2. The molecule has 156 valence electrons. The van der Waals surface area contributed by atoms with E-state index in [-0.39, 0.29) is 12.1 Å². The van der Waals surface area contributed by atoms with Crippen molar-refractivity contribution in [2.75, 3.05) is 19.8 Å². The van der Waals surface area contributed by atoms with E-state index in [0.717, 1.165) is 28.6 Å². The van der Waals surface area contributed by atoms with Gasteiger partial charge in [-0.15, -0.1) is 0 Å². The topological polar surface area (TPSA) is 59.0 Å². The fourth-order valence-corrected chi connectivity index (χ4v) is 4.12. The van der Waals surface area contributed by atoms with E-state index in [4.69, 9.17) is 9.47 Å². The third kappa shape index (κ3) is 6.21. The first-order valence-electron chi connectivity index (χ1n) is 10.1. The zero-order chi connectivity index (χ0) is 20.6. The van der Waals surface area contributed by atoms with Crippen LogP contribution in [0.25, 0.3) is 0 Å². The van der Waals surface area contributed by atoms with Crippen LogP contribution in [0.5, 0.6) is 5.75 Å². The van der Waals surface area contributed by atoms with E-state index in [2.05, 4.69) is 46.3 Å². The van der Waals surface area contributed by atoms with Crippen LogP contribution in [0.1, 0.15) is 30.9 Å². The van der Waals surface area contributed by atoms with Crippen LogP contribution in [0.2, 0.25) is 0 Å². The summed E-state index contributed by atoms with van der Waals surface area (Å²) in [7, 11) is 0. The fourth-order valence-electron chi connectivity index (χ4n) is 3.71. The van der Waals surface area contributed by atoms with Gasteiger partial charge in [-0.05, 0) is 55.5 Å². The standard InChI is InChI=1S/C23H28BrNO4/c1-2-28-23(27)25-16-21(26)15-20(25)12-13-29-22-11-10-19(24)14-18(22)9-8-17-6-4-3-5-7-17/h3-7,10-11,14,20-21,26H,2,8-9,12-13,15-16H2,1H3. The van der Waals surface area contributed by atoms with Gasteiger partial charge in [0.2, 0.25) is 0 Å². The molecule has 0 aromatic heterocycles. The highest BCUT2D eigenvalue weighted by Crippen LogP contribution is 2.26. The number of amides is 1. The number of rotatable bonds is 8. The molecule has 0 radical (unpaired) electrons. The molecule has 1 amide bonds. The Morgan fingerprint density at radius 3 is 2.76 bits per heavy atom. The second-order valence-corrected chi connectivity index (χ2v) is 8.19. The number of ether oxygens (including phenoxy) is 2. The van der Waals surface area contributed by atoms with Gasteiger partial charge in [-0.3, -0.25) is 0 Å². The van der Waals surface area contributed by atoms with Gasteiger partial charge in [0.15, 0.2) is 0 Å². The van der Waals surface area contributed by atoms with Crippen LogP contribution in [0.3, 0.4) is 0 Å². The highest BCUT2D eigenvalue weighted by Gasteiger charge is 2.35. The Bertz CT molecular complexity index is 799. The molecule has 6 heteroatoms. The van der Waals surface area contributed by atoms with Crippen LogP contribution in [0.15, 0.2) is 53.0 Å². The van der Waals surface area contributed by atoms with Crippen molar-refractivity contribution in [1.29, 1.82) is 0 Å². The number of carbonyl (C=O) groups excluding carboxylic acids is 1. The van der Waals surface area contributed by atoms with Crippen molar-refractivity contribution < 1.29 is 19.4 Å². The van der Waals surface area contributed by atoms with Gasteiger partial charge in [0.1, 0.15) is 5.75 Å². The minimum Gasteiger partial charge on any atom is -0.493 e. The number of likely N-dealkylation sites (tertiary alicyclic amines) is 1. The molecule has 0 saturated carbocycles. The third-order valence-electron chi connectivity index (χ3n) is 5.15. The minimum atomic E-state index is -0.501. The van der Waals surface area contributed by atoms with Gasteiger partial charge in [-0.1, -0.05) is 46.3 Å². The number of carbonyl (C=O) groups is 1. The lowest BCUT2D eigenvalue weighted by atomic mass is 10.0. The van der Waals surface area contributed by atoms with Crippen LogP contribution in [0, 0.1) is 0 Å². The number of hydrogen-bond acceptors (Lipinski definition) is 4. The molecular formula is C23H28BrNO4. The molecular weight excluding hydrogens is 434 g/mol. The number of benzene rings is 2. The van der Waals surface area contributed by atoms with E-state index < -0.39 is 6.10 Å². The molecule has 2 unspecified atom stereocenters. The van der Waals surface area contributed by atoms with E-state index in [1.54, 1.807) is 11.8 Å². The molecule has 5 nitrogen and oxygen atoms in total.